The van der Waals surface area contributed by atoms with E-state index < -0.39 is 41.4 Å². The minimum absolute atomic E-state index is 0.00237. The molecule has 7 atom stereocenters. The number of carbonyl (C=O) groups is 4. The lowest BCUT2D eigenvalue weighted by molar-refractivity contribution is -0.181. The van der Waals surface area contributed by atoms with Crippen molar-refractivity contribution in [2.24, 2.45) is 28.6 Å². The van der Waals surface area contributed by atoms with Crippen molar-refractivity contribution in [3.8, 4) is 0 Å². The first-order valence-electron chi connectivity index (χ1n) is 13.7. The van der Waals surface area contributed by atoms with Crippen LogP contribution >= 0.6 is 0 Å². The van der Waals surface area contributed by atoms with E-state index in [1.54, 1.807) is 12.2 Å². The van der Waals surface area contributed by atoms with Gasteiger partial charge < -0.3 is 20.1 Å². The Balaban J connectivity index is 0.000000934. The number of carboxylic acids is 1. The van der Waals surface area contributed by atoms with Gasteiger partial charge in [0.05, 0.1) is 12.6 Å². The summed E-state index contributed by atoms with van der Waals surface area (Å²) in [7, 11) is 0. The fourth-order valence-electron chi connectivity index (χ4n) is 7.73. The Hall–Kier alpha value is -2.36. The van der Waals surface area contributed by atoms with Crippen LogP contribution in [-0.2, 0) is 23.9 Å². The predicted molar refractivity (Wildman–Crippen MR) is 140 cm³/mol. The van der Waals surface area contributed by atoms with Gasteiger partial charge >= 0.3 is 5.97 Å². The topological polar surface area (TPSA) is 141 Å². The third-order valence-corrected chi connectivity index (χ3v) is 9.72. The number of fused-ring (bicyclic) bond motifs is 5. The maximum Gasteiger partial charge on any atom is 0.320 e. The zero-order chi connectivity index (χ0) is 28.5. The normalized spacial score (nSPS) is 37.3. The second-order valence-corrected chi connectivity index (χ2v) is 11.7. The number of nitrogens with zero attached hydrogens (tertiary/aromatic N) is 1. The summed E-state index contributed by atoms with van der Waals surface area (Å²) in [5.41, 5.74) is -1.73. The molecule has 38 heavy (non-hydrogen) atoms. The highest BCUT2D eigenvalue weighted by molar-refractivity contribution is 6.01. The number of allylic oxidation sites excluding steroid dienone is 4. The van der Waals surface area contributed by atoms with E-state index >= 15 is 0 Å². The van der Waals surface area contributed by atoms with Crippen LogP contribution in [0, 0.1) is 28.6 Å². The van der Waals surface area contributed by atoms with Crippen molar-refractivity contribution in [2.45, 2.75) is 78.4 Å². The highest BCUT2D eigenvalue weighted by Gasteiger charge is 2.68. The lowest BCUT2D eigenvalue weighted by Gasteiger charge is -2.59. The average Bonchev–Trinajstić information content (AvgIpc) is 3.11. The van der Waals surface area contributed by atoms with Gasteiger partial charge in [-0.1, -0.05) is 39.3 Å². The molecular weight excluding hydrogens is 490 g/mol. The van der Waals surface area contributed by atoms with Gasteiger partial charge in [-0.3, -0.25) is 24.1 Å². The summed E-state index contributed by atoms with van der Waals surface area (Å²) in [5, 5.41) is 30.5. The Kier molecular flexibility index (Phi) is 9.06. The summed E-state index contributed by atoms with van der Waals surface area (Å²) in [6.45, 7) is 10.1. The molecule has 3 N–H and O–H groups in total. The van der Waals surface area contributed by atoms with E-state index in [9.17, 15) is 24.6 Å². The average molecular weight is 534 g/mol. The molecule has 4 aliphatic carbocycles. The van der Waals surface area contributed by atoms with E-state index in [2.05, 4.69) is 6.92 Å². The zero-order valence-electron chi connectivity index (χ0n) is 23.2. The molecular formula is C29H43NO8. The number of aliphatic carboxylic acids is 1. The SMILES string of the molecule is CC(=O)O.CCN(CC)CC(=O)OCC(=O)[C@@]1(O)CCC2C3CCC4=CC(=O)C=C[C@]4(C)C3C(O)C[C@@]21C. The number of aliphatic hydroxyl groups excluding tert-OH is 1. The third kappa shape index (κ3) is 5.38. The molecule has 9 nitrogen and oxygen atoms in total. The first kappa shape index (κ1) is 30.2. The molecule has 0 heterocycles. The number of carbonyl (C=O) groups excluding carboxylic acids is 3. The Morgan fingerprint density at radius 1 is 1.16 bits per heavy atom. The molecule has 3 fully saturated rings. The van der Waals surface area contributed by atoms with Crippen LogP contribution in [0.15, 0.2) is 23.8 Å². The molecule has 0 saturated heterocycles. The first-order valence-corrected chi connectivity index (χ1v) is 13.7. The number of ketones is 2. The zero-order valence-corrected chi connectivity index (χ0v) is 23.2. The summed E-state index contributed by atoms with van der Waals surface area (Å²) < 4.78 is 5.27. The number of rotatable bonds is 7. The van der Waals surface area contributed by atoms with Gasteiger partial charge in [0.25, 0.3) is 5.97 Å². The molecule has 0 aromatic heterocycles. The smallest absolute Gasteiger partial charge is 0.320 e. The van der Waals surface area contributed by atoms with Gasteiger partial charge in [0.2, 0.25) is 5.78 Å². The Labute approximate surface area is 224 Å². The number of likely N-dealkylation sites (N-methyl/N-ethyl adjacent to an activating group) is 1. The Morgan fingerprint density at radius 3 is 2.39 bits per heavy atom. The van der Waals surface area contributed by atoms with Gasteiger partial charge in [0, 0.05) is 23.7 Å². The fourth-order valence-corrected chi connectivity index (χ4v) is 7.73. The molecule has 9 heteroatoms. The summed E-state index contributed by atoms with van der Waals surface area (Å²) in [4.78, 5) is 48.4. The van der Waals surface area contributed by atoms with Crippen LogP contribution in [0.1, 0.15) is 66.7 Å². The minimum atomic E-state index is -1.63. The number of hydrogen-bond donors (Lipinski definition) is 3. The van der Waals surface area contributed by atoms with E-state index in [1.807, 2.05) is 31.7 Å². The summed E-state index contributed by atoms with van der Waals surface area (Å²) >= 11 is 0. The summed E-state index contributed by atoms with van der Waals surface area (Å²) in [6, 6.07) is 0. The van der Waals surface area contributed by atoms with Crippen LogP contribution in [0.25, 0.3) is 0 Å². The molecule has 0 radical (unpaired) electrons. The van der Waals surface area contributed by atoms with Crippen molar-refractivity contribution >= 4 is 23.5 Å². The van der Waals surface area contributed by atoms with Crippen molar-refractivity contribution in [2.75, 3.05) is 26.2 Å². The Morgan fingerprint density at radius 2 is 1.79 bits per heavy atom. The van der Waals surface area contributed by atoms with Crippen LogP contribution in [0.5, 0.6) is 0 Å². The molecule has 0 bridgehead atoms. The second kappa shape index (κ2) is 11.4. The van der Waals surface area contributed by atoms with Crippen LogP contribution in [-0.4, -0.2) is 81.7 Å². The third-order valence-electron chi connectivity index (χ3n) is 9.72. The minimum Gasteiger partial charge on any atom is -0.481 e. The maximum atomic E-state index is 13.3. The highest BCUT2D eigenvalue weighted by atomic mass is 16.5. The fraction of sp³-hybridized carbons (Fsp3) is 0.724. The predicted octanol–water partition coefficient (Wildman–Crippen LogP) is 2.54. The van der Waals surface area contributed by atoms with Gasteiger partial charge in [-0.05, 0) is 69.2 Å². The van der Waals surface area contributed by atoms with Gasteiger partial charge in [0.1, 0.15) is 5.60 Å². The standard InChI is InChI=1S/C27H39NO6.C2H4O2/c1-5-28(6-2)15-23(32)34-16-22(31)27(33)12-10-20-19-8-7-17-13-18(29)9-11-25(17,3)24(19)21(30)14-26(20,27)4;1-2(3)4/h9,11,13,19-21,24,30,33H,5-8,10,12,14-16H2,1-4H3;1H3,(H,3,4)/t19?,20?,21?,24?,25-,26-,27-;/m0./s1. The van der Waals surface area contributed by atoms with E-state index in [-0.39, 0.29) is 35.5 Å². The second-order valence-electron chi connectivity index (χ2n) is 11.7. The molecule has 4 aliphatic rings. The quantitative estimate of drug-likeness (QED) is 0.421. The van der Waals surface area contributed by atoms with Crippen LogP contribution in [0.2, 0.25) is 0 Å². The van der Waals surface area contributed by atoms with Gasteiger partial charge in [-0.2, -0.15) is 0 Å². The molecule has 0 aromatic rings. The van der Waals surface area contributed by atoms with Crippen LogP contribution in [0.4, 0.5) is 0 Å². The van der Waals surface area contributed by atoms with E-state index in [0.29, 0.717) is 32.4 Å². The molecule has 212 valence electrons. The molecule has 0 aromatic carbocycles. The van der Waals surface area contributed by atoms with Crippen molar-refractivity contribution < 1.29 is 39.2 Å². The molecule has 0 amide bonds. The molecule has 0 spiro atoms. The van der Waals surface area contributed by atoms with Crippen molar-refractivity contribution in [1.29, 1.82) is 0 Å². The largest absolute Gasteiger partial charge is 0.481 e. The van der Waals surface area contributed by atoms with Crippen molar-refractivity contribution in [1.82, 2.24) is 4.90 Å². The van der Waals surface area contributed by atoms with Gasteiger partial charge in [-0.15, -0.1) is 0 Å². The van der Waals surface area contributed by atoms with Crippen molar-refractivity contribution in [3.05, 3.63) is 23.8 Å². The molecule has 4 unspecified atom stereocenters. The number of aliphatic hydroxyl groups is 2. The number of esters is 1. The highest BCUT2D eigenvalue weighted by Crippen LogP contribution is 2.67. The lowest BCUT2D eigenvalue weighted by atomic mass is 9.46. The maximum absolute atomic E-state index is 13.3. The van der Waals surface area contributed by atoms with Crippen LogP contribution in [0.3, 0.4) is 0 Å². The summed E-state index contributed by atoms with van der Waals surface area (Å²) in [5.74, 6) is -1.62. The number of Topliss-reactive ketones (excluding diaryl/α,β-unsaturated/α-hetero) is 1. The summed E-state index contributed by atoms with van der Waals surface area (Å²) in [6.07, 6.45) is 7.48. The lowest BCUT2D eigenvalue weighted by Crippen LogP contribution is -2.61. The van der Waals surface area contributed by atoms with E-state index in [4.69, 9.17) is 14.6 Å². The van der Waals surface area contributed by atoms with Gasteiger partial charge in [0.15, 0.2) is 12.4 Å². The van der Waals surface area contributed by atoms with Crippen LogP contribution < -0.4 is 0 Å². The number of ether oxygens (including phenoxy) is 1. The monoisotopic (exact) mass is 533 g/mol. The molecule has 0 aliphatic heterocycles. The molecule has 3 saturated carbocycles. The number of hydrogen-bond acceptors (Lipinski definition) is 8. The van der Waals surface area contributed by atoms with Crippen molar-refractivity contribution in [3.63, 3.8) is 0 Å². The molecule has 4 rings (SSSR count). The Bertz CT molecular complexity index is 1010. The first-order chi connectivity index (χ1) is 17.7. The number of carboxylic acid groups (broad SMARTS) is 1. The van der Waals surface area contributed by atoms with E-state index in [1.165, 1.54) is 0 Å². The van der Waals surface area contributed by atoms with E-state index in [0.717, 1.165) is 25.3 Å². The van der Waals surface area contributed by atoms with Gasteiger partial charge in [-0.25, -0.2) is 0 Å².